The number of nitrogens with zero attached hydrogens (tertiary/aromatic N) is 2. The van der Waals surface area contributed by atoms with Crippen LogP contribution >= 0.6 is 0 Å². The molecule has 0 amide bonds. The summed E-state index contributed by atoms with van der Waals surface area (Å²) in [6, 6.07) is 14.3. The lowest BCUT2D eigenvalue weighted by atomic mass is 10.1. The number of hydrogen-bond donors (Lipinski definition) is 2. The average Bonchev–Trinajstić information content (AvgIpc) is 2.64. The van der Waals surface area contributed by atoms with Gasteiger partial charge in [0.2, 0.25) is 0 Å². The maximum Gasteiger partial charge on any atom is 0.263 e. The van der Waals surface area contributed by atoms with Crippen LogP contribution in [0.4, 0.5) is 21.7 Å². The second kappa shape index (κ2) is 7.50. The molecule has 3 aromatic rings. The number of carbonyl (C=O) groups is 1. The van der Waals surface area contributed by atoms with Gasteiger partial charge in [0, 0.05) is 11.3 Å². The number of halogens is 1. The summed E-state index contributed by atoms with van der Waals surface area (Å²) in [7, 11) is -3.89. The van der Waals surface area contributed by atoms with Crippen molar-refractivity contribution in [2.75, 3.05) is 10.0 Å². The predicted molar refractivity (Wildman–Crippen MR) is 99.0 cm³/mol. The highest BCUT2D eigenvalue weighted by atomic mass is 32.2. The van der Waals surface area contributed by atoms with Gasteiger partial charge >= 0.3 is 0 Å². The van der Waals surface area contributed by atoms with Crippen molar-refractivity contribution < 1.29 is 17.6 Å². The van der Waals surface area contributed by atoms with Crippen molar-refractivity contribution >= 4 is 33.1 Å². The number of Topliss-reactive ketones (excluding diaryl/α,β-unsaturated/α-hetero) is 1. The number of carbonyl (C=O) groups excluding carboxylic acids is 1. The zero-order valence-corrected chi connectivity index (χ0v) is 15.0. The Hall–Kier alpha value is -3.33. The smallest absolute Gasteiger partial charge is 0.263 e. The molecule has 2 aromatic carbocycles. The molecule has 0 aliphatic carbocycles. The first-order valence-corrected chi connectivity index (χ1v) is 9.32. The summed E-state index contributed by atoms with van der Waals surface area (Å²) in [5.74, 6) is -0.198. The second-order valence-electron chi connectivity index (χ2n) is 5.63. The van der Waals surface area contributed by atoms with Gasteiger partial charge in [-0.3, -0.25) is 9.52 Å². The van der Waals surface area contributed by atoms with Crippen LogP contribution in [0.3, 0.4) is 0 Å². The van der Waals surface area contributed by atoms with Crippen LogP contribution in [0.15, 0.2) is 65.6 Å². The number of benzene rings is 2. The summed E-state index contributed by atoms with van der Waals surface area (Å²) in [4.78, 5) is 11.3. The fraction of sp³-hybridized carbons (Fsp3) is 0.0556. The van der Waals surface area contributed by atoms with E-state index in [4.69, 9.17) is 0 Å². The Morgan fingerprint density at radius 2 is 1.63 bits per heavy atom. The van der Waals surface area contributed by atoms with Crippen molar-refractivity contribution in [3.8, 4) is 0 Å². The van der Waals surface area contributed by atoms with Gasteiger partial charge in [0.1, 0.15) is 5.82 Å². The molecule has 3 rings (SSSR count). The van der Waals surface area contributed by atoms with Crippen LogP contribution < -0.4 is 10.0 Å². The van der Waals surface area contributed by atoms with Crippen LogP contribution in [0.2, 0.25) is 0 Å². The molecule has 27 heavy (non-hydrogen) atoms. The molecule has 0 bridgehead atoms. The summed E-state index contributed by atoms with van der Waals surface area (Å²) in [6.07, 6.45) is 0. The van der Waals surface area contributed by atoms with Crippen molar-refractivity contribution in [1.82, 2.24) is 10.2 Å². The summed E-state index contributed by atoms with van der Waals surface area (Å²) >= 11 is 0. The number of sulfonamides is 1. The van der Waals surface area contributed by atoms with E-state index in [0.29, 0.717) is 17.1 Å². The average molecular weight is 386 g/mol. The minimum atomic E-state index is -3.89. The SMILES string of the molecule is CC(=O)c1cccc(Nc2ccc(NS(=O)(=O)c3ccc(F)cc3)nn2)c1. The van der Waals surface area contributed by atoms with Crippen molar-refractivity contribution in [3.63, 3.8) is 0 Å². The van der Waals surface area contributed by atoms with E-state index >= 15 is 0 Å². The molecule has 0 fully saturated rings. The predicted octanol–water partition coefficient (Wildman–Crippen LogP) is 3.36. The first-order chi connectivity index (χ1) is 12.8. The summed E-state index contributed by atoms with van der Waals surface area (Å²) < 4.78 is 39.7. The van der Waals surface area contributed by atoms with E-state index in [1.165, 1.54) is 19.1 Å². The van der Waals surface area contributed by atoms with Crippen molar-refractivity contribution in [1.29, 1.82) is 0 Å². The first-order valence-electron chi connectivity index (χ1n) is 7.84. The number of rotatable bonds is 6. The number of anilines is 3. The minimum absolute atomic E-state index is 0.0161. The van der Waals surface area contributed by atoms with Crippen LogP contribution in [-0.4, -0.2) is 24.4 Å². The van der Waals surface area contributed by atoms with E-state index < -0.39 is 15.8 Å². The zero-order chi connectivity index (χ0) is 19.4. The van der Waals surface area contributed by atoms with Gasteiger partial charge in [-0.15, -0.1) is 10.2 Å². The largest absolute Gasteiger partial charge is 0.339 e. The molecule has 0 atom stereocenters. The van der Waals surface area contributed by atoms with E-state index in [1.807, 2.05) is 0 Å². The molecular weight excluding hydrogens is 371 g/mol. The van der Waals surface area contributed by atoms with Gasteiger partial charge in [0.05, 0.1) is 4.90 Å². The molecule has 0 unspecified atom stereocenters. The third-order valence-corrected chi connectivity index (χ3v) is 4.94. The van der Waals surface area contributed by atoms with E-state index in [-0.39, 0.29) is 16.5 Å². The molecule has 0 aliphatic rings. The zero-order valence-electron chi connectivity index (χ0n) is 14.2. The Morgan fingerprint density at radius 3 is 2.26 bits per heavy atom. The summed E-state index contributed by atoms with van der Waals surface area (Å²) in [5, 5.41) is 10.7. The maximum atomic E-state index is 12.9. The van der Waals surface area contributed by atoms with Crippen molar-refractivity contribution in [2.45, 2.75) is 11.8 Å². The fourth-order valence-corrected chi connectivity index (χ4v) is 3.22. The Kier molecular flexibility index (Phi) is 5.13. The molecular formula is C18H15FN4O3S. The van der Waals surface area contributed by atoms with Crippen molar-refractivity contribution in [2.24, 2.45) is 0 Å². The second-order valence-corrected chi connectivity index (χ2v) is 7.31. The first kappa shape index (κ1) is 18.5. The summed E-state index contributed by atoms with van der Waals surface area (Å²) in [5.41, 5.74) is 1.20. The Bertz CT molecular complexity index is 1070. The highest BCUT2D eigenvalue weighted by Crippen LogP contribution is 2.18. The van der Waals surface area contributed by atoms with Gasteiger partial charge in [-0.05, 0) is 55.5 Å². The molecule has 7 nitrogen and oxygen atoms in total. The molecule has 0 spiro atoms. The standard InChI is InChI=1S/C18H15FN4O3S/c1-12(24)13-3-2-4-15(11-13)20-17-9-10-18(22-21-17)23-27(25,26)16-7-5-14(19)6-8-16/h2-11H,1H3,(H,20,21)(H,22,23). The van der Waals surface area contributed by atoms with Gasteiger partial charge in [-0.1, -0.05) is 12.1 Å². The molecule has 1 aromatic heterocycles. The van der Waals surface area contributed by atoms with Gasteiger partial charge < -0.3 is 5.32 Å². The lowest BCUT2D eigenvalue weighted by Crippen LogP contribution is -2.14. The molecule has 0 aliphatic heterocycles. The van der Waals surface area contributed by atoms with E-state index in [1.54, 1.807) is 24.3 Å². The number of aromatic nitrogens is 2. The quantitative estimate of drug-likeness (QED) is 0.630. The fourth-order valence-electron chi connectivity index (χ4n) is 2.23. The summed E-state index contributed by atoms with van der Waals surface area (Å²) in [6.45, 7) is 1.47. The molecule has 0 radical (unpaired) electrons. The van der Waals surface area contributed by atoms with Crippen LogP contribution in [0.25, 0.3) is 0 Å². The van der Waals surface area contributed by atoms with Gasteiger partial charge in [0.25, 0.3) is 10.0 Å². The number of nitrogens with one attached hydrogen (secondary N) is 2. The third-order valence-electron chi connectivity index (χ3n) is 3.57. The van der Waals surface area contributed by atoms with Crippen LogP contribution in [-0.2, 0) is 10.0 Å². The molecule has 0 saturated heterocycles. The van der Waals surface area contributed by atoms with Gasteiger partial charge in [0.15, 0.2) is 17.4 Å². The molecule has 9 heteroatoms. The highest BCUT2D eigenvalue weighted by molar-refractivity contribution is 7.92. The maximum absolute atomic E-state index is 12.9. The normalized spacial score (nSPS) is 11.0. The van der Waals surface area contributed by atoms with E-state index in [2.05, 4.69) is 20.2 Å². The van der Waals surface area contributed by atoms with Gasteiger partial charge in [-0.2, -0.15) is 0 Å². The molecule has 138 valence electrons. The lowest BCUT2D eigenvalue weighted by Gasteiger charge is -2.09. The Balaban J connectivity index is 1.73. The topological polar surface area (TPSA) is 101 Å². The number of hydrogen-bond acceptors (Lipinski definition) is 6. The molecule has 1 heterocycles. The highest BCUT2D eigenvalue weighted by Gasteiger charge is 2.15. The van der Waals surface area contributed by atoms with Crippen LogP contribution in [0, 0.1) is 5.82 Å². The van der Waals surface area contributed by atoms with E-state index in [9.17, 15) is 17.6 Å². The van der Waals surface area contributed by atoms with E-state index in [0.717, 1.165) is 24.3 Å². The van der Waals surface area contributed by atoms with Crippen LogP contribution in [0.5, 0.6) is 0 Å². The third kappa shape index (κ3) is 4.64. The number of ketones is 1. The van der Waals surface area contributed by atoms with Crippen LogP contribution in [0.1, 0.15) is 17.3 Å². The molecule has 2 N–H and O–H groups in total. The van der Waals surface area contributed by atoms with Crippen molar-refractivity contribution in [3.05, 3.63) is 72.0 Å². The lowest BCUT2D eigenvalue weighted by molar-refractivity contribution is 0.101. The monoisotopic (exact) mass is 386 g/mol. The minimum Gasteiger partial charge on any atom is -0.339 e. The molecule has 0 saturated carbocycles. The Labute approximate surface area is 155 Å². The van der Waals surface area contributed by atoms with Gasteiger partial charge in [-0.25, -0.2) is 12.8 Å². The Morgan fingerprint density at radius 1 is 0.963 bits per heavy atom.